The van der Waals surface area contributed by atoms with Gasteiger partial charge in [0, 0.05) is 131 Å². The number of carbonyl (C=O) groups excluding carboxylic acids is 4. The van der Waals surface area contributed by atoms with E-state index in [9.17, 15) is 28.0 Å². The summed E-state index contributed by atoms with van der Waals surface area (Å²) in [6, 6.07) is 17.0. The number of anilines is 1. The number of alkyl halides is 2. The number of hydrazine groups is 1. The summed E-state index contributed by atoms with van der Waals surface area (Å²) in [5, 5.41) is 7.16. The summed E-state index contributed by atoms with van der Waals surface area (Å²) >= 11 is 0. The number of aryl methyl sites for hydroxylation is 1. The number of nitrogens with one attached hydrogen (secondary N) is 1. The maximum absolute atomic E-state index is 14.8. The quantitative estimate of drug-likeness (QED) is 0.179. The largest absolute Gasteiger partial charge is 0.489 e. The fourth-order valence-electron chi connectivity index (χ4n) is 11.0. The number of amides is 4. The van der Waals surface area contributed by atoms with E-state index in [1.165, 1.54) is 34.1 Å². The number of aliphatic imine (C=N–C) groups is 1. The Balaban J connectivity index is 0.827. The number of nitrogens with zero attached hydrogens (tertiary/aromatic N) is 7. The zero-order valence-corrected chi connectivity index (χ0v) is 38.0. The molecule has 0 radical (unpaired) electrons. The average molecular weight is 904 g/mol. The Morgan fingerprint density at radius 3 is 2.44 bits per heavy atom. The van der Waals surface area contributed by atoms with Gasteiger partial charge in [-0.05, 0) is 85.0 Å². The molecule has 66 heavy (non-hydrogen) atoms. The minimum Gasteiger partial charge on any atom is -0.489 e. The molecule has 348 valence electrons. The summed E-state index contributed by atoms with van der Waals surface area (Å²) in [7, 11) is 3.72. The molecule has 2 fully saturated rings. The predicted octanol–water partition coefficient (Wildman–Crippen LogP) is 5.42. The minimum atomic E-state index is -2.70. The van der Waals surface area contributed by atoms with Crippen molar-refractivity contribution in [2.45, 2.75) is 96.1 Å². The lowest BCUT2D eigenvalue weighted by molar-refractivity contribution is -0.137. The van der Waals surface area contributed by atoms with Gasteiger partial charge < -0.3 is 35.1 Å². The molecule has 9 rings (SSSR count). The van der Waals surface area contributed by atoms with Gasteiger partial charge >= 0.3 is 0 Å². The van der Waals surface area contributed by atoms with E-state index in [1.54, 1.807) is 32.2 Å². The number of nitrogens with two attached hydrogens (primary N) is 1. The number of benzene rings is 3. The molecule has 3 aromatic carbocycles. The summed E-state index contributed by atoms with van der Waals surface area (Å²) in [5.41, 5.74) is 14.5. The number of hydrogen-bond donors (Lipinski definition) is 2. The fraction of sp³-hybridized carbons (Fsp3) is 0.460. The first-order valence-corrected chi connectivity index (χ1v) is 23.2. The molecule has 2 saturated heterocycles. The van der Waals surface area contributed by atoms with Crippen molar-refractivity contribution in [1.82, 2.24) is 30.0 Å². The van der Waals surface area contributed by atoms with Crippen molar-refractivity contribution in [3.05, 3.63) is 111 Å². The molecule has 0 aromatic heterocycles. The molecule has 2 atom stereocenters. The Hall–Kier alpha value is -6.13. The smallest absolute Gasteiger partial charge is 0.264 e. The maximum Gasteiger partial charge on any atom is 0.264 e. The van der Waals surface area contributed by atoms with Gasteiger partial charge in [-0.1, -0.05) is 30.3 Å². The minimum absolute atomic E-state index is 0.0375. The van der Waals surface area contributed by atoms with Crippen molar-refractivity contribution in [2.75, 3.05) is 58.3 Å². The van der Waals surface area contributed by atoms with E-state index in [-0.39, 0.29) is 48.5 Å². The Morgan fingerprint density at radius 2 is 1.73 bits per heavy atom. The second kappa shape index (κ2) is 19.0. The van der Waals surface area contributed by atoms with Crippen molar-refractivity contribution in [2.24, 2.45) is 10.7 Å². The van der Waals surface area contributed by atoms with Crippen LogP contribution < -0.4 is 20.7 Å². The average Bonchev–Trinajstić information content (AvgIpc) is 3.81. The first kappa shape index (κ1) is 45.0. The lowest BCUT2D eigenvalue weighted by atomic mass is 9.91. The van der Waals surface area contributed by atoms with E-state index < -0.39 is 18.4 Å². The lowest BCUT2D eigenvalue weighted by Gasteiger charge is -2.46. The molecule has 14 nitrogen and oxygen atoms in total. The monoisotopic (exact) mass is 903 g/mol. The number of rotatable bonds is 12. The molecule has 16 heteroatoms. The van der Waals surface area contributed by atoms with Crippen LogP contribution in [0.4, 0.5) is 14.5 Å². The van der Waals surface area contributed by atoms with Crippen LogP contribution in [-0.4, -0.2) is 126 Å². The molecule has 3 N–H and O–H groups in total. The third kappa shape index (κ3) is 8.68. The second-order valence-electron chi connectivity index (χ2n) is 18.2. The molecule has 3 aromatic rings. The summed E-state index contributed by atoms with van der Waals surface area (Å²) in [4.78, 5) is 62.6. The van der Waals surface area contributed by atoms with E-state index in [1.807, 2.05) is 17.0 Å². The topological polar surface area (TPSA) is 147 Å². The lowest BCUT2D eigenvalue weighted by Crippen LogP contribution is -2.55. The molecule has 0 saturated carbocycles. The van der Waals surface area contributed by atoms with Crippen molar-refractivity contribution < 1.29 is 32.7 Å². The van der Waals surface area contributed by atoms with Crippen LogP contribution in [-0.2, 0) is 40.4 Å². The maximum atomic E-state index is 14.8. The van der Waals surface area contributed by atoms with Gasteiger partial charge in [0.1, 0.15) is 24.6 Å². The van der Waals surface area contributed by atoms with Crippen LogP contribution in [0.15, 0.2) is 77.1 Å². The number of halogens is 2. The zero-order chi connectivity index (χ0) is 46.2. The second-order valence-corrected chi connectivity index (χ2v) is 18.2. The normalized spacial score (nSPS) is 22.2. The number of imide groups is 1. The third-order valence-corrected chi connectivity index (χ3v) is 14.3. The summed E-state index contributed by atoms with van der Waals surface area (Å²) < 4.78 is 35.8. The first-order chi connectivity index (χ1) is 31.9. The number of carbonyl (C=O) groups is 4. The molecule has 2 unspecified atom stereocenters. The molecular weight excluding hydrogens is 845 g/mol. The van der Waals surface area contributed by atoms with E-state index in [0.29, 0.717) is 55.1 Å². The fourth-order valence-corrected chi connectivity index (χ4v) is 11.0. The van der Waals surface area contributed by atoms with Crippen LogP contribution in [0.3, 0.4) is 0 Å². The van der Waals surface area contributed by atoms with Crippen molar-refractivity contribution >= 4 is 41.1 Å². The molecule has 6 heterocycles. The Kier molecular flexibility index (Phi) is 13.0. The van der Waals surface area contributed by atoms with Gasteiger partial charge in [-0.25, -0.2) is 8.78 Å². The number of hydrogen-bond acceptors (Lipinski definition) is 11. The highest BCUT2D eigenvalue weighted by molar-refractivity contribution is 6.10. The standard InChI is InChI=1S/C50H59F2N9O5/c1-31(62)58-23-18-42-41(28-58)49(59-19-5-6-34-24-38(35(26-53)27-54-2)39(47(51)52)25-44(34)59)56(3)61(42)36-16-21-57(22-17-36)20-15-32-9-11-33(12-10-32)30-66-45-8-4-7-37-40(45)29-60(50(37)65)43-13-14-46(63)55-48(43)64/h4,7-12,24-27,36,43,47,49H,5-6,13-23,28-30,53H2,1-3H3,(H,55,63,64). The Labute approximate surface area is 384 Å². The van der Waals surface area contributed by atoms with Crippen LogP contribution in [0.25, 0.3) is 5.57 Å². The molecule has 4 amide bonds. The van der Waals surface area contributed by atoms with Crippen LogP contribution in [0, 0.1) is 0 Å². The van der Waals surface area contributed by atoms with E-state index in [2.05, 4.69) is 61.4 Å². The van der Waals surface area contributed by atoms with Gasteiger partial charge in [-0.2, -0.15) is 5.01 Å². The number of likely N-dealkylation sites (N-methyl/N-ethyl adjacent to an activating group) is 1. The highest BCUT2D eigenvalue weighted by Gasteiger charge is 2.47. The van der Waals surface area contributed by atoms with E-state index >= 15 is 0 Å². The van der Waals surface area contributed by atoms with E-state index in [0.717, 1.165) is 80.5 Å². The number of piperidine rings is 2. The van der Waals surface area contributed by atoms with Crippen LogP contribution in [0.5, 0.6) is 5.75 Å². The zero-order valence-electron chi connectivity index (χ0n) is 38.0. The SMILES string of the molecule is CN=CC(=CN)c1cc2c(cc1C(F)F)N(C1C3=C(CCN(C(C)=O)C3)N(C3CCN(CCc4ccc(COc5cccc6c5CN(C5CCC(=O)NC5=O)C6=O)cc4)CC3)N1C)CCC2. The highest BCUT2D eigenvalue weighted by atomic mass is 19.3. The summed E-state index contributed by atoms with van der Waals surface area (Å²) in [6.45, 7) is 6.91. The third-order valence-electron chi connectivity index (χ3n) is 14.3. The Morgan fingerprint density at radius 1 is 0.955 bits per heavy atom. The molecule has 0 spiro atoms. The van der Waals surface area contributed by atoms with Crippen molar-refractivity contribution in [1.29, 1.82) is 0 Å². The summed E-state index contributed by atoms with van der Waals surface area (Å²) in [5.74, 6) is -0.327. The van der Waals surface area contributed by atoms with Gasteiger partial charge in [0.15, 0.2) is 0 Å². The van der Waals surface area contributed by atoms with Gasteiger partial charge in [-0.15, -0.1) is 0 Å². The van der Waals surface area contributed by atoms with E-state index in [4.69, 9.17) is 10.5 Å². The number of likely N-dealkylation sites (tertiary alicyclic amines) is 1. The van der Waals surface area contributed by atoms with Crippen LogP contribution >= 0.6 is 0 Å². The predicted molar refractivity (Wildman–Crippen MR) is 247 cm³/mol. The molecular formula is C50H59F2N9O5. The van der Waals surface area contributed by atoms with Gasteiger partial charge in [-0.3, -0.25) is 29.5 Å². The number of allylic oxidation sites excluding steroid dienone is 1. The van der Waals surface area contributed by atoms with Gasteiger partial charge in [0.05, 0.1) is 6.54 Å². The molecule has 0 bridgehead atoms. The number of fused-ring (bicyclic) bond motifs is 2. The number of ether oxygens (including phenoxy) is 1. The van der Waals surface area contributed by atoms with Crippen LogP contribution in [0.1, 0.15) is 95.6 Å². The van der Waals surface area contributed by atoms with Gasteiger partial charge in [0.25, 0.3) is 12.3 Å². The van der Waals surface area contributed by atoms with Crippen molar-refractivity contribution in [3.8, 4) is 5.75 Å². The molecule has 0 aliphatic carbocycles. The first-order valence-electron chi connectivity index (χ1n) is 23.2. The highest BCUT2D eigenvalue weighted by Crippen LogP contribution is 2.44. The van der Waals surface area contributed by atoms with Crippen LogP contribution in [0.2, 0.25) is 0 Å². The summed E-state index contributed by atoms with van der Waals surface area (Å²) in [6.07, 6.45) is 5.71. The Bertz CT molecular complexity index is 2480. The molecule has 6 aliphatic heterocycles. The van der Waals surface area contributed by atoms with Crippen molar-refractivity contribution in [3.63, 3.8) is 0 Å². The van der Waals surface area contributed by atoms with Gasteiger partial charge in [0.2, 0.25) is 17.7 Å². The molecule has 6 aliphatic rings.